The van der Waals surface area contributed by atoms with Gasteiger partial charge in [0.15, 0.2) is 0 Å². The molecule has 0 fully saturated rings. The average molecular weight is 142 g/mol. The lowest BCUT2D eigenvalue weighted by Gasteiger charge is -2.27. The van der Waals surface area contributed by atoms with E-state index < -0.39 is 0 Å². The molecule has 0 heterocycles. The van der Waals surface area contributed by atoms with Gasteiger partial charge in [0.2, 0.25) is 0 Å². The molecule has 0 unspecified atom stereocenters. The predicted octanol–water partition coefficient (Wildman–Crippen LogP) is 1.08. The van der Waals surface area contributed by atoms with Crippen LogP contribution in [0.5, 0.6) is 0 Å². The molecule has 1 aliphatic carbocycles. The topological polar surface area (TPSA) is 18.5 Å². The molecule has 1 rings (SSSR count). The van der Waals surface area contributed by atoms with Gasteiger partial charge in [-0.15, -0.1) is 0 Å². The van der Waals surface area contributed by atoms with Gasteiger partial charge in [-0.1, -0.05) is 12.2 Å². The van der Waals surface area contributed by atoms with Crippen molar-refractivity contribution in [2.45, 2.75) is 0 Å². The van der Waals surface area contributed by atoms with E-state index in [4.69, 9.17) is 9.47 Å². The van der Waals surface area contributed by atoms with Crippen LogP contribution in [-0.4, -0.2) is 27.4 Å². The van der Waals surface area contributed by atoms with E-state index in [-0.39, 0.29) is 0 Å². The van der Waals surface area contributed by atoms with Crippen LogP contribution in [-0.2, 0) is 9.47 Å². The summed E-state index contributed by atoms with van der Waals surface area (Å²) in [7, 11) is 3.46. The minimum Gasteiger partial charge on any atom is -0.384 e. The summed E-state index contributed by atoms with van der Waals surface area (Å²) in [5.74, 6) is 1.18. The molecule has 0 N–H and O–H groups in total. The van der Waals surface area contributed by atoms with Crippen LogP contribution in [0, 0.1) is 11.8 Å². The largest absolute Gasteiger partial charge is 0.384 e. The zero-order chi connectivity index (χ0) is 7.40. The van der Waals surface area contributed by atoms with Gasteiger partial charge >= 0.3 is 0 Å². The van der Waals surface area contributed by atoms with E-state index >= 15 is 0 Å². The molecule has 0 aliphatic heterocycles. The number of hydrogen-bond donors (Lipinski definition) is 0. The Balaban J connectivity index is 2.18. The van der Waals surface area contributed by atoms with Crippen LogP contribution in [0.4, 0.5) is 0 Å². The Hall–Kier alpha value is -0.340. The van der Waals surface area contributed by atoms with Crippen molar-refractivity contribution in [3.05, 3.63) is 12.2 Å². The van der Waals surface area contributed by atoms with Gasteiger partial charge in [-0.3, -0.25) is 0 Å². The second kappa shape index (κ2) is 3.74. The summed E-state index contributed by atoms with van der Waals surface area (Å²) >= 11 is 0. The van der Waals surface area contributed by atoms with E-state index in [2.05, 4.69) is 12.2 Å². The lowest BCUT2D eigenvalue weighted by Crippen LogP contribution is -2.26. The molecular formula is C8H14O2. The molecule has 0 saturated heterocycles. The lowest BCUT2D eigenvalue weighted by molar-refractivity contribution is 0.0952. The maximum absolute atomic E-state index is 5.02. The molecule has 2 atom stereocenters. The highest BCUT2D eigenvalue weighted by Gasteiger charge is 2.23. The standard InChI is InChI=1S/C8H14O2/c1-9-5-7-3-4-8(7)6-10-2/h3-4,7-8H,5-6H2,1-2H3/t7-,8+. The van der Waals surface area contributed by atoms with Crippen molar-refractivity contribution in [1.82, 2.24) is 0 Å². The summed E-state index contributed by atoms with van der Waals surface area (Å²) in [6, 6.07) is 0. The molecule has 0 radical (unpaired) electrons. The first kappa shape index (κ1) is 7.76. The number of methoxy groups -OCH3 is 2. The molecule has 0 aromatic carbocycles. The Labute approximate surface area is 61.8 Å². The minimum atomic E-state index is 0.588. The highest BCUT2D eigenvalue weighted by Crippen LogP contribution is 2.25. The molecule has 1 aliphatic rings. The predicted molar refractivity (Wildman–Crippen MR) is 39.9 cm³/mol. The summed E-state index contributed by atoms with van der Waals surface area (Å²) in [5, 5.41) is 0. The summed E-state index contributed by atoms with van der Waals surface area (Å²) in [4.78, 5) is 0. The first-order valence-corrected chi connectivity index (χ1v) is 3.54. The van der Waals surface area contributed by atoms with Gasteiger partial charge in [-0.25, -0.2) is 0 Å². The number of rotatable bonds is 4. The van der Waals surface area contributed by atoms with Gasteiger partial charge in [0, 0.05) is 26.1 Å². The van der Waals surface area contributed by atoms with Crippen LogP contribution in [0.1, 0.15) is 0 Å². The normalized spacial score (nSPS) is 30.2. The Morgan fingerprint density at radius 2 is 1.40 bits per heavy atom. The molecular weight excluding hydrogens is 128 g/mol. The van der Waals surface area contributed by atoms with E-state index in [1.165, 1.54) is 0 Å². The van der Waals surface area contributed by atoms with Gasteiger partial charge in [-0.05, 0) is 0 Å². The van der Waals surface area contributed by atoms with Gasteiger partial charge in [-0.2, -0.15) is 0 Å². The molecule has 2 nitrogen and oxygen atoms in total. The highest BCUT2D eigenvalue weighted by molar-refractivity contribution is 5.08. The van der Waals surface area contributed by atoms with Crippen molar-refractivity contribution >= 4 is 0 Å². The van der Waals surface area contributed by atoms with Crippen molar-refractivity contribution in [2.75, 3.05) is 27.4 Å². The second-order valence-electron chi connectivity index (χ2n) is 2.62. The van der Waals surface area contributed by atoms with Gasteiger partial charge < -0.3 is 9.47 Å². The van der Waals surface area contributed by atoms with Crippen molar-refractivity contribution in [1.29, 1.82) is 0 Å². The maximum Gasteiger partial charge on any atom is 0.0531 e. The van der Waals surface area contributed by atoms with Gasteiger partial charge in [0.05, 0.1) is 13.2 Å². The fourth-order valence-corrected chi connectivity index (χ4v) is 1.17. The third kappa shape index (κ3) is 1.58. The first-order chi connectivity index (χ1) is 4.88. The summed E-state index contributed by atoms with van der Waals surface area (Å²) in [6.45, 7) is 1.65. The van der Waals surface area contributed by atoms with E-state index in [0.717, 1.165) is 13.2 Å². The van der Waals surface area contributed by atoms with Crippen molar-refractivity contribution in [3.8, 4) is 0 Å². The van der Waals surface area contributed by atoms with Crippen molar-refractivity contribution in [2.24, 2.45) is 11.8 Å². The molecule has 0 saturated carbocycles. The highest BCUT2D eigenvalue weighted by atomic mass is 16.5. The molecule has 0 bridgehead atoms. The van der Waals surface area contributed by atoms with Gasteiger partial charge in [0.25, 0.3) is 0 Å². The van der Waals surface area contributed by atoms with Crippen molar-refractivity contribution < 1.29 is 9.47 Å². The van der Waals surface area contributed by atoms with Crippen LogP contribution in [0.2, 0.25) is 0 Å². The Morgan fingerprint density at radius 3 is 1.60 bits per heavy atom. The number of hydrogen-bond acceptors (Lipinski definition) is 2. The van der Waals surface area contributed by atoms with E-state index in [9.17, 15) is 0 Å². The second-order valence-corrected chi connectivity index (χ2v) is 2.62. The Morgan fingerprint density at radius 1 is 1.00 bits per heavy atom. The van der Waals surface area contributed by atoms with Crippen LogP contribution in [0.3, 0.4) is 0 Å². The minimum absolute atomic E-state index is 0.588. The fourth-order valence-electron chi connectivity index (χ4n) is 1.17. The van der Waals surface area contributed by atoms with E-state index in [0.29, 0.717) is 11.8 Å². The van der Waals surface area contributed by atoms with Crippen molar-refractivity contribution in [3.63, 3.8) is 0 Å². The third-order valence-electron chi connectivity index (χ3n) is 1.87. The Bertz CT molecular complexity index is 106. The van der Waals surface area contributed by atoms with Gasteiger partial charge in [0.1, 0.15) is 0 Å². The van der Waals surface area contributed by atoms with Crippen LogP contribution >= 0.6 is 0 Å². The molecule has 0 amide bonds. The summed E-state index contributed by atoms with van der Waals surface area (Å²) < 4.78 is 10.0. The Kier molecular flexibility index (Phi) is 2.90. The lowest BCUT2D eigenvalue weighted by atomic mass is 9.83. The maximum atomic E-state index is 5.02. The smallest absolute Gasteiger partial charge is 0.0531 e. The average Bonchev–Trinajstić information content (AvgIpc) is 1.93. The molecule has 0 aromatic rings. The fraction of sp³-hybridized carbons (Fsp3) is 0.750. The SMILES string of the molecule is COC[C@H]1C=C[C@H]1COC. The monoisotopic (exact) mass is 142 g/mol. The zero-order valence-electron chi connectivity index (χ0n) is 6.54. The van der Waals surface area contributed by atoms with Crippen LogP contribution in [0.25, 0.3) is 0 Å². The number of ether oxygens (including phenoxy) is 2. The van der Waals surface area contributed by atoms with E-state index in [1.807, 2.05) is 0 Å². The quantitative estimate of drug-likeness (QED) is 0.547. The van der Waals surface area contributed by atoms with Crippen LogP contribution < -0.4 is 0 Å². The molecule has 0 aromatic heterocycles. The third-order valence-corrected chi connectivity index (χ3v) is 1.87. The molecule has 58 valence electrons. The summed E-state index contributed by atoms with van der Waals surface area (Å²) in [6.07, 6.45) is 4.35. The molecule has 0 spiro atoms. The molecule has 10 heavy (non-hydrogen) atoms. The first-order valence-electron chi connectivity index (χ1n) is 3.54. The zero-order valence-corrected chi connectivity index (χ0v) is 6.54. The molecule has 2 heteroatoms. The summed E-state index contributed by atoms with van der Waals surface area (Å²) in [5.41, 5.74) is 0. The van der Waals surface area contributed by atoms with Crippen LogP contribution in [0.15, 0.2) is 12.2 Å². The van der Waals surface area contributed by atoms with E-state index in [1.54, 1.807) is 14.2 Å².